The van der Waals surface area contributed by atoms with Crippen molar-refractivity contribution in [2.45, 2.75) is 32.0 Å². The highest BCUT2D eigenvalue weighted by atomic mass is 19.4. The lowest BCUT2D eigenvalue weighted by atomic mass is 9.98. The third-order valence-corrected chi connectivity index (χ3v) is 4.82. The van der Waals surface area contributed by atoms with Crippen LogP contribution < -0.4 is 15.0 Å². The molecule has 0 saturated carbocycles. The maximum Gasteiger partial charge on any atom is 0.420 e. The highest BCUT2D eigenvalue weighted by Crippen LogP contribution is 2.44. The van der Waals surface area contributed by atoms with Crippen LogP contribution in [0.2, 0.25) is 0 Å². The maximum absolute atomic E-state index is 13.9. The largest absolute Gasteiger partial charge is 0.420 e. The van der Waals surface area contributed by atoms with Gasteiger partial charge in [0.25, 0.3) is 0 Å². The molecule has 0 aliphatic heterocycles. The van der Waals surface area contributed by atoms with Crippen LogP contribution in [0.4, 0.5) is 41.2 Å². The van der Waals surface area contributed by atoms with Crippen LogP contribution in [-0.4, -0.2) is 43.4 Å². The van der Waals surface area contributed by atoms with Gasteiger partial charge in [0.2, 0.25) is 0 Å². The summed E-state index contributed by atoms with van der Waals surface area (Å²) in [5.41, 5.74) is -4.91. The standard InChI is InChI=1S/C24H24F7N3O4/c1-22(2,36)37-9-8-33-13-14(12-32)18-10-15(23(26,27)28)11-19(24(29,30)31)20(18)38-21(35)34(3)17-6-4-16(25)5-7-17/h4-7,10-13,32-33,36H,8-9H2,1-3H3/b14-13+,32-12?. The number of rotatable bonds is 9. The van der Waals surface area contributed by atoms with Crippen LogP contribution in [0.5, 0.6) is 5.75 Å². The Balaban J connectivity index is 2.58. The molecule has 208 valence electrons. The highest BCUT2D eigenvalue weighted by Gasteiger charge is 2.41. The minimum absolute atomic E-state index is 0.0229. The average Bonchev–Trinajstić information content (AvgIpc) is 2.79. The van der Waals surface area contributed by atoms with Gasteiger partial charge in [-0.05, 0) is 50.2 Å². The van der Waals surface area contributed by atoms with Gasteiger partial charge in [0.1, 0.15) is 5.82 Å². The van der Waals surface area contributed by atoms with Crippen molar-refractivity contribution in [2.75, 3.05) is 25.1 Å². The lowest BCUT2D eigenvalue weighted by molar-refractivity contribution is -0.174. The number of hydrogen-bond donors (Lipinski definition) is 3. The van der Waals surface area contributed by atoms with Crippen LogP contribution >= 0.6 is 0 Å². The predicted octanol–water partition coefficient (Wildman–Crippen LogP) is 5.82. The number of nitrogens with zero attached hydrogens (tertiary/aromatic N) is 1. The topological polar surface area (TPSA) is 94.9 Å². The van der Waals surface area contributed by atoms with E-state index in [2.05, 4.69) is 5.32 Å². The number of hydrogen-bond acceptors (Lipinski definition) is 6. The Morgan fingerprint density at radius 2 is 1.68 bits per heavy atom. The van der Waals surface area contributed by atoms with E-state index in [-0.39, 0.29) is 24.9 Å². The van der Waals surface area contributed by atoms with Gasteiger partial charge in [-0.15, -0.1) is 0 Å². The average molecular weight is 551 g/mol. The van der Waals surface area contributed by atoms with Crippen molar-refractivity contribution in [3.63, 3.8) is 0 Å². The first kappa shape index (κ1) is 30.6. The first-order valence-corrected chi connectivity index (χ1v) is 10.8. The van der Waals surface area contributed by atoms with Gasteiger partial charge in [0.05, 0.1) is 17.7 Å². The summed E-state index contributed by atoms with van der Waals surface area (Å²) < 4.78 is 105. The molecule has 38 heavy (non-hydrogen) atoms. The fourth-order valence-electron chi connectivity index (χ4n) is 2.99. The van der Waals surface area contributed by atoms with E-state index in [9.17, 15) is 40.6 Å². The van der Waals surface area contributed by atoms with E-state index in [1.54, 1.807) is 0 Å². The summed E-state index contributed by atoms with van der Waals surface area (Å²) in [4.78, 5) is 13.4. The SMILES string of the molecule is CN(C(=O)Oc1c(/C(C=N)=C/NCCOC(C)(C)O)cc(C(F)(F)F)cc1C(F)(F)F)c1ccc(F)cc1. The number of amides is 1. The molecule has 1 amide bonds. The molecule has 0 saturated heterocycles. The van der Waals surface area contributed by atoms with Crippen LogP contribution in [0.1, 0.15) is 30.5 Å². The van der Waals surface area contributed by atoms with Gasteiger partial charge in [0.15, 0.2) is 11.5 Å². The number of aliphatic hydroxyl groups is 1. The van der Waals surface area contributed by atoms with Crippen molar-refractivity contribution in [3.8, 4) is 5.75 Å². The predicted molar refractivity (Wildman–Crippen MR) is 124 cm³/mol. The van der Waals surface area contributed by atoms with Crippen molar-refractivity contribution >= 4 is 23.6 Å². The third-order valence-electron chi connectivity index (χ3n) is 4.82. The van der Waals surface area contributed by atoms with Crippen LogP contribution in [0.15, 0.2) is 42.6 Å². The summed E-state index contributed by atoms with van der Waals surface area (Å²) in [6, 6.07) is 4.35. The van der Waals surface area contributed by atoms with Crippen LogP contribution in [0.3, 0.4) is 0 Å². The van der Waals surface area contributed by atoms with Crippen LogP contribution in [0.25, 0.3) is 5.57 Å². The zero-order chi connectivity index (χ0) is 28.9. The minimum Gasteiger partial charge on any atom is -0.409 e. The Morgan fingerprint density at radius 1 is 1.08 bits per heavy atom. The first-order chi connectivity index (χ1) is 17.4. The number of halogens is 7. The molecule has 0 fully saturated rings. The van der Waals surface area contributed by atoms with Crippen molar-refractivity contribution in [2.24, 2.45) is 0 Å². The molecule has 0 heterocycles. The van der Waals surface area contributed by atoms with Gasteiger partial charge >= 0.3 is 18.4 Å². The van der Waals surface area contributed by atoms with Gasteiger partial charge < -0.3 is 25.3 Å². The fraction of sp³-hybridized carbons (Fsp3) is 0.333. The van der Waals surface area contributed by atoms with Gasteiger partial charge in [-0.3, -0.25) is 4.90 Å². The third kappa shape index (κ3) is 8.45. The summed E-state index contributed by atoms with van der Waals surface area (Å²) >= 11 is 0. The number of benzene rings is 2. The van der Waals surface area contributed by atoms with Gasteiger partial charge in [-0.1, -0.05) is 0 Å². The zero-order valence-corrected chi connectivity index (χ0v) is 20.3. The fourth-order valence-corrected chi connectivity index (χ4v) is 2.99. The molecule has 3 N–H and O–H groups in total. The molecular weight excluding hydrogens is 527 g/mol. The molecule has 2 aromatic rings. The number of nitrogens with one attached hydrogen (secondary N) is 2. The van der Waals surface area contributed by atoms with E-state index < -0.39 is 58.1 Å². The second kappa shape index (κ2) is 11.8. The van der Waals surface area contributed by atoms with E-state index in [4.69, 9.17) is 14.9 Å². The monoisotopic (exact) mass is 551 g/mol. The van der Waals surface area contributed by atoms with Crippen molar-refractivity contribution in [1.82, 2.24) is 5.32 Å². The molecule has 0 atom stereocenters. The molecule has 0 bridgehead atoms. The van der Waals surface area contributed by atoms with E-state index in [1.807, 2.05) is 0 Å². The van der Waals surface area contributed by atoms with Crippen molar-refractivity contribution in [1.29, 1.82) is 5.41 Å². The molecule has 2 aromatic carbocycles. The molecule has 0 radical (unpaired) electrons. The summed E-state index contributed by atoms with van der Waals surface area (Å²) in [6.45, 7) is 2.54. The Labute approximate surface area is 213 Å². The Bertz CT molecular complexity index is 1170. The quantitative estimate of drug-likeness (QED) is 0.158. The van der Waals surface area contributed by atoms with Gasteiger partial charge in [-0.25, -0.2) is 9.18 Å². The van der Waals surface area contributed by atoms with Gasteiger partial charge in [-0.2, -0.15) is 26.3 Å². The molecular formula is C24H24F7N3O4. The van der Waals surface area contributed by atoms with E-state index >= 15 is 0 Å². The number of allylic oxidation sites excluding steroid dienone is 1. The Kier molecular flexibility index (Phi) is 9.51. The molecule has 0 aromatic heterocycles. The first-order valence-electron chi connectivity index (χ1n) is 10.8. The second-order valence-corrected chi connectivity index (χ2v) is 8.29. The lowest BCUT2D eigenvalue weighted by Gasteiger charge is -2.22. The number of alkyl halides is 6. The van der Waals surface area contributed by atoms with E-state index in [0.29, 0.717) is 12.3 Å². The smallest absolute Gasteiger partial charge is 0.409 e. The Hall–Kier alpha value is -3.65. The number of carbonyl (C=O) groups is 1. The van der Waals surface area contributed by atoms with Gasteiger partial charge in [0, 0.05) is 42.8 Å². The molecule has 0 spiro atoms. The molecule has 14 heteroatoms. The summed E-state index contributed by atoms with van der Waals surface area (Å²) in [5.74, 6) is -3.41. The number of anilines is 1. The molecule has 0 unspecified atom stereocenters. The van der Waals surface area contributed by atoms with Crippen LogP contribution in [-0.2, 0) is 17.1 Å². The molecule has 0 aliphatic carbocycles. The Morgan fingerprint density at radius 3 is 2.18 bits per heavy atom. The maximum atomic E-state index is 13.9. The summed E-state index contributed by atoms with van der Waals surface area (Å²) in [5, 5.41) is 19.7. The summed E-state index contributed by atoms with van der Waals surface area (Å²) in [7, 11) is 1.10. The minimum atomic E-state index is -5.39. The molecule has 0 aliphatic rings. The normalized spacial score (nSPS) is 12.8. The van der Waals surface area contributed by atoms with E-state index in [0.717, 1.165) is 42.4 Å². The number of ether oxygens (including phenoxy) is 2. The molecule has 7 nitrogen and oxygen atoms in total. The summed E-state index contributed by atoms with van der Waals surface area (Å²) in [6.07, 6.45) is -10.6. The van der Waals surface area contributed by atoms with Crippen molar-refractivity contribution in [3.05, 3.63) is 65.1 Å². The number of carbonyl (C=O) groups excluding carboxylic acids is 1. The molecule has 2 rings (SSSR count). The second-order valence-electron chi connectivity index (χ2n) is 8.29. The van der Waals surface area contributed by atoms with Crippen molar-refractivity contribution < 1.29 is 50.1 Å². The zero-order valence-electron chi connectivity index (χ0n) is 20.3. The lowest BCUT2D eigenvalue weighted by Crippen LogP contribution is -2.30. The van der Waals surface area contributed by atoms with E-state index in [1.165, 1.54) is 13.8 Å². The van der Waals surface area contributed by atoms with Crippen LogP contribution in [0, 0.1) is 11.2 Å². The highest BCUT2D eigenvalue weighted by molar-refractivity contribution is 6.10.